The fourth-order valence-electron chi connectivity index (χ4n) is 4.25. The molecule has 6 nitrogen and oxygen atoms in total. The van der Waals surface area contributed by atoms with E-state index < -0.39 is 59.2 Å². The minimum atomic E-state index is -4.91. The number of fused-ring (bicyclic) bond motifs is 3. The van der Waals surface area contributed by atoms with Crippen molar-refractivity contribution < 1.29 is 31.9 Å². The van der Waals surface area contributed by atoms with Crippen molar-refractivity contribution in [3.8, 4) is 11.1 Å². The van der Waals surface area contributed by atoms with Crippen LogP contribution in [0.1, 0.15) is 36.5 Å². The van der Waals surface area contributed by atoms with Gasteiger partial charge in [0.05, 0.1) is 23.6 Å². The molecule has 2 atom stereocenters. The number of carbonyl (C=O) groups excluding carboxylic acids is 3. The summed E-state index contributed by atoms with van der Waals surface area (Å²) in [4.78, 5) is 38.7. The molecule has 0 aromatic heterocycles. The molecule has 1 aliphatic heterocycles. The molecule has 0 radical (unpaired) electrons. The van der Waals surface area contributed by atoms with Gasteiger partial charge < -0.3 is 5.32 Å². The quantitative estimate of drug-likeness (QED) is 0.484. The molecule has 0 saturated heterocycles. The van der Waals surface area contributed by atoms with E-state index in [1.165, 1.54) is 6.92 Å². The van der Waals surface area contributed by atoms with E-state index in [0.29, 0.717) is 11.8 Å². The molecular weight excluding hydrogens is 490 g/mol. The highest BCUT2D eigenvalue weighted by atomic mass is 19.4. The summed E-state index contributed by atoms with van der Waals surface area (Å²) in [7, 11) is 0. The zero-order valence-corrected chi connectivity index (χ0v) is 19.9. The van der Waals surface area contributed by atoms with Gasteiger partial charge in [0.15, 0.2) is 0 Å². The number of para-hydroxylation sites is 1. The van der Waals surface area contributed by atoms with Crippen LogP contribution in [0.2, 0.25) is 0 Å². The van der Waals surface area contributed by atoms with Gasteiger partial charge in [-0.25, -0.2) is 9.40 Å². The fraction of sp³-hybridized carbons (Fsp3) is 0.222. The van der Waals surface area contributed by atoms with E-state index in [4.69, 9.17) is 0 Å². The van der Waals surface area contributed by atoms with E-state index in [1.807, 2.05) is 36.4 Å². The molecule has 0 fully saturated rings. The van der Waals surface area contributed by atoms with Crippen molar-refractivity contribution in [2.75, 3.05) is 5.01 Å². The third-order valence-corrected chi connectivity index (χ3v) is 6.18. The number of alkyl halides is 3. The maximum atomic E-state index is 14.3. The molecule has 10 heteroatoms. The molecule has 192 valence electrons. The van der Waals surface area contributed by atoms with Crippen molar-refractivity contribution in [3.05, 3.63) is 89.2 Å². The maximum absolute atomic E-state index is 14.3. The van der Waals surface area contributed by atoms with Crippen LogP contribution in [0.3, 0.4) is 0 Å². The Morgan fingerprint density at radius 3 is 2.32 bits per heavy atom. The van der Waals surface area contributed by atoms with Crippen molar-refractivity contribution in [2.24, 2.45) is 0 Å². The van der Waals surface area contributed by atoms with Crippen LogP contribution < -0.4 is 15.8 Å². The second-order valence-electron chi connectivity index (χ2n) is 8.72. The van der Waals surface area contributed by atoms with Gasteiger partial charge in [-0.1, -0.05) is 54.6 Å². The van der Waals surface area contributed by atoms with Gasteiger partial charge in [0, 0.05) is 5.56 Å². The van der Waals surface area contributed by atoms with E-state index in [2.05, 4.69) is 10.7 Å². The maximum Gasteiger partial charge on any atom is 0.419 e. The molecule has 1 aliphatic rings. The van der Waals surface area contributed by atoms with Crippen molar-refractivity contribution >= 4 is 23.4 Å². The van der Waals surface area contributed by atoms with Gasteiger partial charge >= 0.3 is 6.18 Å². The molecule has 3 amide bonds. The topological polar surface area (TPSA) is 78.5 Å². The normalized spacial score (nSPS) is 15.8. The number of halogens is 4. The molecule has 0 spiro atoms. The third kappa shape index (κ3) is 5.18. The SMILES string of the molecule is CC1C(=O)N(NC(=O)[C@H](C)NC(=O)Cc2cccc(C(F)(F)F)c2F)c2ccccc2-c2ccccc21. The Bertz CT molecular complexity index is 1370. The molecule has 0 bridgehead atoms. The first-order valence-corrected chi connectivity index (χ1v) is 11.5. The van der Waals surface area contributed by atoms with Crippen LogP contribution in [-0.4, -0.2) is 23.8 Å². The number of nitrogens with zero attached hydrogens (tertiary/aromatic N) is 1. The lowest BCUT2D eigenvalue weighted by Gasteiger charge is -2.27. The largest absolute Gasteiger partial charge is 0.419 e. The van der Waals surface area contributed by atoms with Crippen molar-refractivity contribution in [2.45, 2.75) is 38.4 Å². The summed E-state index contributed by atoms with van der Waals surface area (Å²) < 4.78 is 53.2. The number of carbonyl (C=O) groups is 3. The molecule has 0 saturated carbocycles. The van der Waals surface area contributed by atoms with Crippen molar-refractivity contribution in [1.82, 2.24) is 10.7 Å². The van der Waals surface area contributed by atoms with Gasteiger partial charge in [-0.05, 0) is 42.7 Å². The monoisotopic (exact) mass is 513 g/mol. The summed E-state index contributed by atoms with van der Waals surface area (Å²) in [5, 5.41) is 3.49. The highest BCUT2D eigenvalue weighted by molar-refractivity contribution is 6.06. The van der Waals surface area contributed by atoms with Crippen LogP contribution in [0.25, 0.3) is 11.1 Å². The Hall–Kier alpha value is -4.21. The van der Waals surface area contributed by atoms with Crippen LogP contribution >= 0.6 is 0 Å². The van der Waals surface area contributed by atoms with Gasteiger partial charge in [-0.2, -0.15) is 13.2 Å². The van der Waals surface area contributed by atoms with Crippen LogP contribution in [0.4, 0.5) is 23.2 Å². The molecule has 2 N–H and O–H groups in total. The molecule has 3 aromatic carbocycles. The van der Waals surface area contributed by atoms with Gasteiger partial charge in [-0.3, -0.25) is 19.8 Å². The summed E-state index contributed by atoms with van der Waals surface area (Å²) in [6.45, 7) is 3.07. The fourth-order valence-corrected chi connectivity index (χ4v) is 4.25. The molecule has 37 heavy (non-hydrogen) atoms. The number of hydrazine groups is 1. The Morgan fingerprint density at radius 1 is 0.973 bits per heavy atom. The lowest BCUT2D eigenvalue weighted by molar-refractivity contribution is -0.140. The summed E-state index contributed by atoms with van der Waals surface area (Å²) >= 11 is 0. The highest BCUT2D eigenvalue weighted by Gasteiger charge is 2.35. The molecule has 1 unspecified atom stereocenters. The average molecular weight is 513 g/mol. The number of rotatable bonds is 5. The van der Waals surface area contributed by atoms with Gasteiger partial charge in [-0.15, -0.1) is 0 Å². The van der Waals surface area contributed by atoms with Crippen molar-refractivity contribution in [3.63, 3.8) is 0 Å². The van der Waals surface area contributed by atoms with E-state index in [9.17, 15) is 31.9 Å². The van der Waals surface area contributed by atoms with Crippen molar-refractivity contribution in [1.29, 1.82) is 0 Å². The standard InChI is InChI=1S/C27H23F4N3O3/c1-15-18-9-3-4-10-19(18)20-11-5-6-13-22(20)34(26(15)37)33-25(36)16(2)32-23(35)14-17-8-7-12-21(24(17)28)27(29,30)31/h3-13,15-16H,14H2,1-2H3,(H,32,35)(H,33,36)/t15?,16-/m0/s1. The predicted octanol–water partition coefficient (Wildman–Crippen LogP) is 4.74. The van der Waals surface area contributed by atoms with Crippen LogP contribution in [0.5, 0.6) is 0 Å². The van der Waals surface area contributed by atoms with Crippen LogP contribution in [0.15, 0.2) is 66.7 Å². The lowest BCUT2D eigenvalue weighted by atomic mass is 9.92. The minimum absolute atomic E-state index is 0.393. The summed E-state index contributed by atoms with van der Waals surface area (Å²) in [5.41, 5.74) is 3.43. The second kappa shape index (κ2) is 10.0. The zero-order chi connectivity index (χ0) is 26.9. The predicted molar refractivity (Wildman–Crippen MR) is 129 cm³/mol. The second-order valence-corrected chi connectivity index (χ2v) is 8.72. The summed E-state index contributed by atoms with van der Waals surface area (Å²) in [5.74, 6) is -4.11. The average Bonchev–Trinajstić information content (AvgIpc) is 2.94. The Kier molecular flexibility index (Phi) is 7.02. The summed E-state index contributed by atoms with van der Waals surface area (Å²) in [6, 6.07) is 15.9. The number of hydrogen-bond acceptors (Lipinski definition) is 3. The van der Waals surface area contributed by atoms with Crippen LogP contribution in [-0.2, 0) is 27.0 Å². The van der Waals surface area contributed by atoms with Gasteiger partial charge in [0.25, 0.3) is 11.8 Å². The van der Waals surface area contributed by atoms with E-state index in [0.717, 1.165) is 33.8 Å². The van der Waals surface area contributed by atoms with Gasteiger partial charge in [0.1, 0.15) is 11.9 Å². The lowest BCUT2D eigenvalue weighted by Crippen LogP contribution is -2.54. The Labute approximate surface area is 210 Å². The Morgan fingerprint density at radius 2 is 1.62 bits per heavy atom. The first kappa shape index (κ1) is 25.9. The number of amides is 3. The number of nitrogens with one attached hydrogen (secondary N) is 2. The zero-order valence-electron chi connectivity index (χ0n) is 19.9. The van der Waals surface area contributed by atoms with E-state index in [1.54, 1.807) is 19.1 Å². The first-order chi connectivity index (χ1) is 17.5. The van der Waals surface area contributed by atoms with Gasteiger partial charge in [0.2, 0.25) is 5.91 Å². The molecule has 1 heterocycles. The number of benzene rings is 3. The Balaban J connectivity index is 1.51. The number of hydrogen-bond donors (Lipinski definition) is 2. The number of anilines is 1. The smallest absolute Gasteiger partial charge is 0.344 e. The molecule has 0 aliphatic carbocycles. The summed E-state index contributed by atoms with van der Waals surface area (Å²) in [6.07, 6.45) is -5.61. The first-order valence-electron chi connectivity index (χ1n) is 11.5. The van der Waals surface area contributed by atoms with E-state index >= 15 is 0 Å². The molecule has 3 aromatic rings. The van der Waals surface area contributed by atoms with Crippen LogP contribution in [0, 0.1) is 5.82 Å². The minimum Gasteiger partial charge on any atom is -0.344 e. The third-order valence-electron chi connectivity index (χ3n) is 6.18. The molecule has 4 rings (SSSR count). The van der Waals surface area contributed by atoms with E-state index in [-0.39, 0.29) is 0 Å². The molecular formula is C27H23F4N3O3. The highest BCUT2D eigenvalue weighted by Crippen LogP contribution is 2.40.